The fourth-order valence-corrected chi connectivity index (χ4v) is 4.37. The molecule has 2 unspecified atom stereocenters. The van der Waals surface area contributed by atoms with E-state index in [1.54, 1.807) is 12.1 Å². The van der Waals surface area contributed by atoms with E-state index >= 15 is 0 Å². The first kappa shape index (κ1) is 16.3. The van der Waals surface area contributed by atoms with Crippen molar-refractivity contribution in [1.82, 2.24) is 4.72 Å². The minimum absolute atomic E-state index is 0.0409. The summed E-state index contributed by atoms with van der Waals surface area (Å²) in [7, 11) is -3.30. The average Bonchev–Trinajstić information content (AvgIpc) is 2.41. The van der Waals surface area contributed by atoms with Crippen LogP contribution in [0.4, 0.5) is 5.69 Å². The van der Waals surface area contributed by atoms with Crippen LogP contribution in [0.25, 0.3) is 0 Å². The SMILES string of the molecule is CC1CCCC(CCNS(=O)(=O)Cc2ccccc2N)C1. The first-order chi connectivity index (χ1) is 9.96. The molecule has 0 bridgehead atoms. The first-order valence-corrected chi connectivity index (χ1v) is 9.42. The number of anilines is 1. The molecular formula is C16H26N2O2S. The Morgan fingerprint density at radius 3 is 2.76 bits per heavy atom. The van der Waals surface area contributed by atoms with Crippen molar-refractivity contribution in [3.05, 3.63) is 29.8 Å². The molecule has 0 saturated heterocycles. The van der Waals surface area contributed by atoms with Crippen LogP contribution >= 0.6 is 0 Å². The van der Waals surface area contributed by atoms with E-state index in [9.17, 15) is 8.42 Å². The average molecular weight is 310 g/mol. The van der Waals surface area contributed by atoms with Crippen LogP contribution in [0.3, 0.4) is 0 Å². The van der Waals surface area contributed by atoms with Crippen LogP contribution in [-0.2, 0) is 15.8 Å². The summed E-state index contributed by atoms with van der Waals surface area (Å²) in [4.78, 5) is 0. The lowest BCUT2D eigenvalue weighted by atomic mass is 9.81. The van der Waals surface area contributed by atoms with Crippen molar-refractivity contribution >= 4 is 15.7 Å². The van der Waals surface area contributed by atoms with E-state index in [1.807, 2.05) is 12.1 Å². The maximum Gasteiger partial charge on any atom is 0.215 e. The molecule has 4 nitrogen and oxygen atoms in total. The van der Waals surface area contributed by atoms with Gasteiger partial charge in [0.2, 0.25) is 10.0 Å². The number of hydrogen-bond acceptors (Lipinski definition) is 3. The molecule has 1 aromatic carbocycles. The second-order valence-corrected chi connectivity index (χ2v) is 8.09. The highest BCUT2D eigenvalue weighted by atomic mass is 32.2. The summed E-state index contributed by atoms with van der Waals surface area (Å²) in [5.74, 6) is 1.41. The van der Waals surface area contributed by atoms with Gasteiger partial charge < -0.3 is 5.73 Å². The van der Waals surface area contributed by atoms with Crippen LogP contribution in [0.15, 0.2) is 24.3 Å². The lowest BCUT2D eigenvalue weighted by Crippen LogP contribution is -2.28. The molecule has 0 heterocycles. The zero-order valence-corrected chi connectivity index (χ0v) is 13.5. The van der Waals surface area contributed by atoms with Gasteiger partial charge in [0.05, 0.1) is 5.75 Å². The van der Waals surface area contributed by atoms with Gasteiger partial charge in [-0.25, -0.2) is 13.1 Å². The molecular weight excluding hydrogens is 284 g/mol. The van der Waals surface area contributed by atoms with Crippen LogP contribution < -0.4 is 10.5 Å². The number of nitrogens with two attached hydrogens (primary N) is 1. The van der Waals surface area contributed by atoms with Gasteiger partial charge in [-0.15, -0.1) is 0 Å². The van der Waals surface area contributed by atoms with E-state index in [2.05, 4.69) is 11.6 Å². The molecule has 1 saturated carbocycles. The van der Waals surface area contributed by atoms with Crippen molar-refractivity contribution in [2.75, 3.05) is 12.3 Å². The van der Waals surface area contributed by atoms with Gasteiger partial charge >= 0.3 is 0 Å². The molecule has 118 valence electrons. The summed E-state index contributed by atoms with van der Waals surface area (Å²) in [6.07, 6.45) is 5.99. The largest absolute Gasteiger partial charge is 0.398 e. The molecule has 1 aliphatic carbocycles. The van der Waals surface area contributed by atoms with Crippen LogP contribution in [0.1, 0.15) is 44.6 Å². The second kappa shape index (κ2) is 7.27. The summed E-state index contributed by atoms with van der Waals surface area (Å²) in [6, 6.07) is 7.11. The smallest absolute Gasteiger partial charge is 0.215 e. The topological polar surface area (TPSA) is 72.2 Å². The van der Waals surface area contributed by atoms with Crippen molar-refractivity contribution in [2.45, 2.75) is 44.8 Å². The fourth-order valence-electron chi connectivity index (χ4n) is 3.16. The van der Waals surface area contributed by atoms with E-state index < -0.39 is 10.0 Å². The quantitative estimate of drug-likeness (QED) is 0.794. The summed E-state index contributed by atoms with van der Waals surface area (Å²) in [6.45, 7) is 2.82. The molecule has 1 aliphatic rings. The number of benzene rings is 1. The molecule has 21 heavy (non-hydrogen) atoms. The normalized spacial score (nSPS) is 23.1. The molecule has 0 amide bonds. The van der Waals surface area contributed by atoms with E-state index in [-0.39, 0.29) is 5.75 Å². The highest BCUT2D eigenvalue weighted by Crippen LogP contribution is 2.30. The first-order valence-electron chi connectivity index (χ1n) is 7.77. The van der Waals surface area contributed by atoms with Crippen molar-refractivity contribution in [3.8, 4) is 0 Å². The molecule has 0 spiro atoms. The molecule has 1 aromatic rings. The number of nitrogens with one attached hydrogen (secondary N) is 1. The molecule has 0 aliphatic heterocycles. The minimum Gasteiger partial charge on any atom is -0.398 e. The van der Waals surface area contributed by atoms with Crippen LogP contribution in [0.2, 0.25) is 0 Å². The van der Waals surface area contributed by atoms with Crippen LogP contribution in [0, 0.1) is 11.8 Å². The zero-order chi connectivity index (χ0) is 15.3. The van der Waals surface area contributed by atoms with Gasteiger partial charge in [0.1, 0.15) is 0 Å². The van der Waals surface area contributed by atoms with Gasteiger partial charge in [-0.3, -0.25) is 0 Å². The highest BCUT2D eigenvalue weighted by molar-refractivity contribution is 7.88. The van der Waals surface area contributed by atoms with Crippen molar-refractivity contribution in [1.29, 1.82) is 0 Å². The summed E-state index contributed by atoms with van der Waals surface area (Å²) >= 11 is 0. The van der Waals surface area contributed by atoms with Gasteiger partial charge in [0.25, 0.3) is 0 Å². The molecule has 1 fully saturated rings. The van der Waals surface area contributed by atoms with Gasteiger partial charge in [-0.05, 0) is 36.3 Å². The monoisotopic (exact) mass is 310 g/mol. The third-order valence-corrected chi connectivity index (χ3v) is 5.66. The third kappa shape index (κ3) is 5.32. The molecule has 0 aromatic heterocycles. The van der Waals surface area contributed by atoms with E-state index in [0.717, 1.165) is 12.3 Å². The lowest BCUT2D eigenvalue weighted by Gasteiger charge is -2.26. The number of hydrogen-bond donors (Lipinski definition) is 2. The number of rotatable bonds is 6. The van der Waals surface area contributed by atoms with Gasteiger partial charge in [-0.2, -0.15) is 0 Å². The van der Waals surface area contributed by atoms with E-state index in [1.165, 1.54) is 25.7 Å². The summed E-state index contributed by atoms with van der Waals surface area (Å²) in [5, 5.41) is 0. The van der Waals surface area contributed by atoms with E-state index in [0.29, 0.717) is 23.7 Å². The van der Waals surface area contributed by atoms with Crippen LogP contribution in [-0.4, -0.2) is 15.0 Å². The third-order valence-electron chi connectivity index (χ3n) is 4.32. The molecule has 0 radical (unpaired) electrons. The lowest BCUT2D eigenvalue weighted by molar-refractivity contribution is 0.271. The van der Waals surface area contributed by atoms with Gasteiger partial charge in [0, 0.05) is 12.2 Å². The minimum atomic E-state index is -3.30. The molecule has 3 N–H and O–H groups in total. The maximum absolute atomic E-state index is 12.1. The standard InChI is InChI=1S/C16H26N2O2S/c1-13-5-4-6-14(11-13)9-10-18-21(19,20)12-15-7-2-3-8-16(15)17/h2-3,7-8,13-14,18H,4-6,9-12,17H2,1H3. The Kier molecular flexibility index (Phi) is 5.65. The Hall–Kier alpha value is -1.07. The maximum atomic E-state index is 12.1. The Bertz CT molecular complexity index is 557. The van der Waals surface area contributed by atoms with Crippen LogP contribution in [0.5, 0.6) is 0 Å². The predicted octanol–water partition coefficient (Wildman–Crippen LogP) is 2.90. The van der Waals surface area contributed by atoms with Crippen molar-refractivity contribution in [3.63, 3.8) is 0 Å². The predicted molar refractivity (Wildman–Crippen MR) is 87.2 cm³/mol. The van der Waals surface area contributed by atoms with Crippen molar-refractivity contribution in [2.24, 2.45) is 11.8 Å². The van der Waals surface area contributed by atoms with Gasteiger partial charge in [0.15, 0.2) is 0 Å². The number of nitrogen functional groups attached to an aromatic ring is 1. The zero-order valence-electron chi connectivity index (χ0n) is 12.7. The van der Waals surface area contributed by atoms with Crippen molar-refractivity contribution < 1.29 is 8.42 Å². The molecule has 2 rings (SSSR count). The summed E-state index contributed by atoms with van der Waals surface area (Å²) in [5.41, 5.74) is 6.99. The summed E-state index contributed by atoms with van der Waals surface area (Å²) < 4.78 is 26.9. The highest BCUT2D eigenvalue weighted by Gasteiger charge is 2.19. The Balaban J connectivity index is 1.80. The van der Waals surface area contributed by atoms with Gasteiger partial charge in [-0.1, -0.05) is 44.4 Å². The number of para-hydroxylation sites is 1. The number of sulfonamides is 1. The Morgan fingerprint density at radius 2 is 2.05 bits per heavy atom. The Morgan fingerprint density at radius 1 is 1.29 bits per heavy atom. The Labute approximate surface area is 128 Å². The second-order valence-electron chi connectivity index (χ2n) is 6.28. The molecule has 5 heteroatoms. The van der Waals surface area contributed by atoms with E-state index in [4.69, 9.17) is 5.73 Å². The molecule has 2 atom stereocenters. The fraction of sp³-hybridized carbons (Fsp3) is 0.625.